The summed E-state index contributed by atoms with van der Waals surface area (Å²) >= 11 is 11.7. The van der Waals surface area contributed by atoms with Gasteiger partial charge in [0.25, 0.3) is 0 Å². The van der Waals surface area contributed by atoms with Crippen molar-refractivity contribution in [3.8, 4) is 17.1 Å². The van der Waals surface area contributed by atoms with Crippen LogP contribution >= 0.6 is 50.1 Å². The summed E-state index contributed by atoms with van der Waals surface area (Å²) in [5, 5.41) is 0. The number of alkyl halides is 1. The molecular weight excluding hydrogens is 430 g/mol. The third kappa shape index (κ3) is 2.06. The zero-order valence-electron chi connectivity index (χ0n) is 9.29. The van der Waals surface area contributed by atoms with Gasteiger partial charge < -0.3 is 9.30 Å². The molecule has 1 aliphatic heterocycles. The Morgan fingerprint density at radius 1 is 1.50 bits per heavy atom. The molecule has 0 unspecified atom stereocenters. The zero-order chi connectivity index (χ0) is 12.7. The number of fused-ring (bicyclic) bond motifs is 3. The summed E-state index contributed by atoms with van der Waals surface area (Å²) in [6, 6.07) is 5.98. The highest BCUT2D eigenvalue weighted by Crippen LogP contribution is 2.35. The van der Waals surface area contributed by atoms with Crippen LogP contribution in [-0.4, -0.2) is 16.2 Å². The van der Waals surface area contributed by atoms with Gasteiger partial charge in [-0.3, -0.25) is 0 Å². The van der Waals surface area contributed by atoms with Crippen molar-refractivity contribution >= 4 is 50.1 Å². The second kappa shape index (κ2) is 5.02. The maximum Gasteiger partial charge on any atom is 0.145 e. The topological polar surface area (TPSA) is 27.1 Å². The highest BCUT2D eigenvalue weighted by Gasteiger charge is 2.21. The molecule has 0 saturated carbocycles. The number of ether oxygens (including phenoxy) is 1. The highest BCUT2D eigenvalue weighted by atomic mass is 127. The van der Waals surface area contributed by atoms with Crippen LogP contribution in [0.2, 0.25) is 0 Å². The van der Waals surface area contributed by atoms with Gasteiger partial charge in [0, 0.05) is 4.47 Å². The molecule has 6 heteroatoms. The predicted molar refractivity (Wildman–Crippen MR) is 83.1 cm³/mol. The van der Waals surface area contributed by atoms with E-state index in [9.17, 15) is 0 Å². The lowest BCUT2D eigenvalue weighted by Crippen LogP contribution is -2.08. The Balaban J connectivity index is 2.27. The summed E-state index contributed by atoms with van der Waals surface area (Å²) in [6.45, 7) is 1.41. The van der Waals surface area contributed by atoms with Crippen molar-refractivity contribution in [3.05, 3.63) is 32.1 Å². The minimum absolute atomic E-state index is 0.467. The van der Waals surface area contributed by atoms with E-state index in [1.165, 1.54) is 0 Å². The molecule has 3 nitrogen and oxygen atoms in total. The minimum atomic E-state index is 0.467. The van der Waals surface area contributed by atoms with Crippen molar-refractivity contribution in [2.24, 2.45) is 0 Å². The molecule has 0 fully saturated rings. The molecule has 2 aromatic rings. The van der Waals surface area contributed by atoms with E-state index in [0.29, 0.717) is 12.5 Å². The van der Waals surface area contributed by atoms with Crippen molar-refractivity contribution in [2.75, 3.05) is 6.61 Å². The fourth-order valence-corrected chi connectivity index (χ4v) is 3.65. The normalized spacial score (nSPS) is 13.5. The second-order valence-electron chi connectivity index (χ2n) is 3.95. The Kier molecular flexibility index (Phi) is 3.55. The average molecular weight is 439 g/mol. The summed E-state index contributed by atoms with van der Waals surface area (Å²) in [4.78, 5) is 4.63. The SMILES string of the molecule is ClCc1c(I)nc2n1CCOc1ccc(Br)cc1-2. The molecule has 0 N–H and O–H groups in total. The molecule has 0 saturated heterocycles. The number of nitrogens with zero attached hydrogens (tertiary/aromatic N) is 2. The lowest BCUT2D eigenvalue weighted by molar-refractivity contribution is 0.305. The van der Waals surface area contributed by atoms with E-state index in [1.807, 2.05) is 18.2 Å². The Bertz CT molecular complexity index is 614. The van der Waals surface area contributed by atoms with Crippen LogP contribution in [0.3, 0.4) is 0 Å². The van der Waals surface area contributed by atoms with Crippen LogP contribution in [0.15, 0.2) is 22.7 Å². The second-order valence-corrected chi connectivity index (χ2v) is 6.15. The zero-order valence-corrected chi connectivity index (χ0v) is 13.8. The van der Waals surface area contributed by atoms with E-state index in [2.05, 4.69) is 48.1 Å². The van der Waals surface area contributed by atoms with Crippen molar-refractivity contribution in [1.29, 1.82) is 0 Å². The van der Waals surface area contributed by atoms with Crippen LogP contribution in [0.25, 0.3) is 11.4 Å². The molecule has 0 amide bonds. The molecule has 3 rings (SSSR count). The van der Waals surface area contributed by atoms with E-state index in [4.69, 9.17) is 16.3 Å². The molecule has 94 valence electrons. The quantitative estimate of drug-likeness (QED) is 0.495. The van der Waals surface area contributed by atoms with Gasteiger partial charge in [-0.2, -0.15) is 0 Å². The number of aromatic nitrogens is 2. The average Bonchev–Trinajstić information content (AvgIpc) is 2.57. The van der Waals surface area contributed by atoms with Crippen LogP contribution in [0.5, 0.6) is 5.75 Å². The van der Waals surface area contributed by atoms with Gasteiger partial charge >= 0.3 is 0 Å². The molecular formula is C12H9BrClIN2O. The first-order valence-electron chi connectivity index (χ1n) is 5.44. The molecule has 0 aliphatic carbocycles. The first-order chi connectivity index (χ1) is 8.70. The van der Waals surface area contributed by atoms with Gasteiger partial charge in [0.2, 0.25) is 0 Å². The van der Waals surface area contributed by atoms with Crippen molar-refractivity contribution in [2.45, 2.75) is 12.4 Å². The third-order valence-electron chi connectivity index (χ3n) is 2.91. The summed E-state index contributed by atoms with van der Waals surface area (Å²) in [5.41, 5.74) is 2.07. The molecule has 0 spiro atoms. The molecule has 0 radical (unpaired) electrons. The molecule has 18 heavy (non-hydrogen) atoms. The number of halogens is 3. The van der Waals surface area contributed by atoms with Gasteiger partial charge in [0.05, 0.1) is 23.7 Å². The van der Waals surface area contributed by atoms with Gasteiger partial charge in [0.15, 0.2) is 0 Å². The van der Waals surface area contributed by atoms with Crippen LogP contribution in [0.1, 0.15) is 5.69 Å². The molecule has 1 aliphatic rings. The van der Waals surface area contributed by atoms with E-state index >= 15 is 0 Å². The van der Waals surface area contributed by atoms with Crippen LogP contribution < -0.4 is 4.74 Å². The third-order valence-corrected chi connectivity index (χ3v) is 4.52. The maximum absolute atomic E-state index is 6.01. The Morgan fingerprint density at radius 3 is 3.11 bits per heavy atom. The Labute approximate surface area is 132 Å². The lowest BCUT2D eigenvalue weighted by Gasteiger charge is -2.06. The maximum atomic E-state index is 6.01. The summed E-state index contributed by atoms with van der Waals surface area (Å²) in [6.07, 6.45) is 0. The van der Waals surface area contributed by atoms with Gasteiger partial charge in [-0.1, -0.05) is 15.9 Å². The summed E-state index contributed by atoms with van der Waals surface area (Å²) < 4.78 is 9.88. The first kappa shape index (κ1) is 12.7. The molecule has 0 bridgehead atoms. The highest BCUT2D eigenvalue weighted by molar-refractivity contribution is 14.1. The number of hydrogen-bond acceptors (Lipinski definition) is 2. The number of hydrogen-bond donors (Lipinski definition) is 0. The Hall–Kier alpha value is -0.270. The lowest BCUT2D eigenvalue weighted by atomic mass is 10.2. The number of benzene rings is 1. The predicted octanol–water partition coefficient (Wildman–Crippen LogP) is 4.05. The number of rotatable bonds is 1. The van der Waals surface area contributed by atoms with Crippen molar-refractivity contribution in [3.63, 3.8) is 0 Å². The fourth-order valence-electron chi connectivity index (χ4n) is 2.08. The molecule has 2 heterocycles. The summed E-state index contributed by atoms with van der Waals surface area (Å²) in [5.74, 6) is 2.28. The summed E-state index contributed by atoms with van der Waals surface area (Å²) in [7, 11) is 0. The fraction of sp³-hybridized carbons (Fsp3) is 0.250. The smallest absolute Gasteiger partial charge is 0.145 e. The first-order valence-corrected chi connectivity index (χ1v) is 7.85. The van der Waals surface area contributed by atoms with Crippen LogP contribution in [-0.2, 0) is 12.4 Å². The molecule has 0 atom stereocenters. The van der Waals surface area contributed by atoms with E-state index in [1.54, 1.807) is 0 Å². The number of imidazole rings is 1. The Morgan fingerprint density at radius 2 is 2.33 bits per heavy atom. The van der Waals surface area contributed by atoms with Gasteiger partial charge in [0.1, 0.15) is 21.9 Å². The van der Waals surface area contributed by atoms with Crippen molar-refractivity contribution in [1.82, 2.24) is 9.55 Å². The van der Waals surface area contributed by atoms with Gasteiger partial charge in [-0.25, -0.2) is 4.98 Å². The van der Waals surface area contributed by atoms with Crippen molar-refractivity contribution < 1.29 is 4.74 Å². The largest absolute Gasteiger partial charge is 0.491 e. The van der Waals surface area contributed by atoms with E-state index in [-0.39, 0.29) is 0 Å². The van der Waals surface area contributed by atoms with Crippen LogP contribution in [0, 0.1) is 3.70 Å². The van der Waals surface area contributed by atoms with Gasteiger partial charge in [-0.15, -0.1) is 11.6 Å². The standard InChI is InChI=1S/C12H9BrClIN2O/c13-7-1-2-10-8(5-7)12-16-11(15)9(6-14)17(12)3-4-18-10/h1-2,5H,3-4,6H2. The van der Waals surface area contributed by atoms with E-state index in [0.717, 1.165) is 37.5 Å². The minimum Gasteiger partial charge on any atom is -0.491 e. The van der Waals surface area contributed by atoms with Gasteiger partial charge in [-0.05, 0) is 40.8 Å². The van der Waals surface area contributed by atoms with E-state index < -0.39 is 0 Å². The monoisotopic (exact) mass is 438 g/mol. The molecule has 1 aromatic heterocycles. The van der Waals surface area contributed by atoms with Crippen LogP contribution in [0.4, 0.5) is 0 Å². The molecule has 1 aromatic carbocycles.